The Kier molecular flexibility index (Phi) is 5.17. The summed E-state index contributed by atoms with van der Waals surface area (Å²) in [4.78, 5) is 20.1. The van der Waals surface area contributed by atoms with E-state index in [0.717, 1.165) is 16.7 Å². The van der Waals surface area contributed by atoms with E-state index in [-0.39, 0.29) is 5.91 Å². The molecule has 0 aromatic heterocycles. The van der Waals surface area contributed by atoms with Crippen molar-refractivity contribution in [2.75, 3.05) is 14.1 Å². The lowest BCUT2D eigenvalue weighted by Crippen LogP contribution is -2.49. The van der Waals surface area contributed by atoms with Crippen molar-refractivity contribution in [2.24, 2.45) is 4.99 Å². The van der Waals surface area contributed by atoms with Gasteiger partial charge in [0.2, 0.25) is 5.90 Å². The number of carbonyl (C=O) groups excluding carboxylic acids is 1. The van der Waals surface area contributed by atoms with E-state index >= 15 is 0 Å². The lowest BCUT2D eigenvalue weighted by molar-refractivity contribution is -0.137. The quantitative estimate of drug-likeness (QED) is 0.659. The van der Waals surface area contributed by atoms with Crippen LogP contribution in [0.15, 0.2) is 96.0 Å². The first-order valence-corrected chi connectivity index (χ1v) is 9.73. The molecule has 0 saturated heterocycles. The third-order valence-electron chi connectivity index (χ3n) is 5.18. The van der Waals surface area contributed by atoms with Gasteiger partial charge in [0.05, 0.1) is 0 Å². The highest BCUT2D eigenvalue weighted by molar-refractivity contribution is 6.01. The molecule has 0 radical (unpaired) electrons. The van der Waals surface area contributed by atoms with Crippen molar-refractivity contribution < 1.29 is 9.53 Å². The minimum absolute atomic E-state index is 0.0684. The summed E-state index contributed by atoms with van der Waals surface area (Å²) in [5, 5.41) is 0. The van der Waals surface area contributed by atoms with Crippen LogP contribution in [0.2, 0.25) is 0 Å². The number of carbonyl (C=O) groups is 1. The molecule has 1 amide bonds. The summed E-state index contributed by atoms with van der Waals surface area (Å²) in [5.74, 6) is 0.437. The Morgan fingerprint density at radius 1 is 0.897 bits per heavy atom. The average Bonchev–Trinajstić information content (AvgIpc) is 3.15. The molecule has 0 spiro atoms. The second kappa shape index (κ2) is 7.92. The molecule has 4 heteroatoms. The molecule has 2 atom stereocenters. The molecular weight excluding hydrogens is 360 g/mol. The maximum absolute atomic E-state index is 13.6. The highest BCUT2D eigenvalue weighted by Crippen LogP contribution is 2.43. The van der Waals surface area contributed by atoms with E-state index in [1.54, 1.807) is 19.0 Å². The normalized spacial score (nSPS) is 20.6. The lowest BCUT2D eigenvalue weighted by Gasteiger charge is -2.33. The lowest BCUT2D eigenvalue weighted by atomic mass is 9.81. The first-order chi connectivity index (χ1) is 14.1. The molecule has 0 aliphatic carbocycles. The molecule has 0 fully saturated rings. The topological polar surface area (TPSA) is 41.9 Å². The number of benzene rings is 3. The molecule has 146 valence electrons. The van der Waals surface area contributed by atoms with E-state index < -0.39 is 11.6 Å². The summed E-state index contributed by atoms with van der Waals surface area (Å²) >= 11 is 0. The number of hydrogen-bond acceptors (Lipinski definition) is 3. The summed E-state index contributed by atoms with van der Waals surface area (Å²) in [5.41, 5.74) is 1.78. The van der Waals surface area contributed by atoms with Crippen LogP contribution in [-0.4, -0.2) is 36.3 Å². The Morgan fingerprint density at radius 3 is 2.03 bits per heavy atom. The third kappa shape index (κ3) is 3.66. The molecule has 1 heterocycles. The van der Waals surface area contributed by atoms with Gasteiger partial charge >= 0.3 is 0 Å². The molecular formula is C25H24N2O2. The highest BCUT2D eigenvalue weighted by Gasteiger charge is 2.53. The largest absolute Gasteiger partial charge is 0.466 e. The second-order valence-corrected chi connectivity index (χ2v) is 7.48. The Hall–Kier alpha value is -3.40. The summed E-state index contributed by atoms with van der Waals surface area (Å²) in [6.07, 6.45) is -0.0465. The molecule has 29 heavy (non-hydrogen) atoms. The standard InChI is InChI=1S/C25H24N2O2/c1-27(2)24(28)25(18-19-12-6-3-7-13-19)22(20-14-8-4-9-15-20)29-23(26-25)21-16-10-5-11-17-21/h3-17,22H,18H2,1-2H3/t22-,25-/m0/s1. The zero-order chi connectivity index (χ0) is 20.3. The maximum atomic E-state index is 13.6. The average molecular weight is 384 g/mol. The molecule has 3 aromatic rings. The number of ether oxygens (including phenoxy) is 1. The Balaban J connectivity index is 1.88. The van der Waals surface area contributed by atoms with Gasteiger partial charge in [0, 0.05) is 26.1 Å². The van der Waals surface area contributed by atoms with Gasteiger partial charge in [0.1, 0.15) is 0 Å². The van der Waals surface area contributed by atoms with Crippen LogP contribution < -0.4 is 0 Å². The number of likely N-dealkylation sites (N-methyl/N-ethyl adjacent to an activating group) is 1. The van der Waals surface area contributed by atoms with Crippen LogP contribution in [-0.2, 0) is 16.0 Å². The number of hydrogen-bond donors (Lipinski definition) is 0. The fraction of sp³-hybridized carbons (Fsp3) is 0.200. The van der Waals surface area contributed by atoms with Crippen molar-refractivity contribution in [2.45, 2.75) is 18.1 Å². The Bertz CT molecular complexity index is 1000. The second-order valence-electron chi connectivity index (χ2n) is 7.48. The fourth-order valence-corrected chi connectivity index (χ4v) is 3.82. The van der Waals surface area contributed by atoms with Crippen molar-refractivity contribution in [3.8, 4) is 0 Å². The van der Waals surface area contributed by atoms with Crippen LogP contribution in [0, 0.1) is 0 Å². The third-order valence-corrected chi connectivity index (χ3v) is 5.18. The molecule has 0 bridgehead atoms. The zero-order valence-corrected chi connectivity index (χ0v) is 16.7. The molecule has 3 aromatic carbocycles. The van der Waals surface area contributed by atoms with Gasteiger partial charge in [0.25, 0.3) is 5.91 Å². The Morgan fingerprint density at radius 2 is 1.45 bits per heavy atom. The van der Waals surface area contributed by atoms with Gasteiger partial charge in [-0.3, -0.25) is 4.79 Å². The van der Waals surface area contributed by atoms with Crippen LogP contribution in [0.5, 0.6) is 0 Å². The van der Waals surface area contributed by atoms with Gasteiger partial charge in [-0.25, -0.2) is 4.99 Å². The predicted molar refractivity (Wildman–Crippen MR) is 115 cm³/mol. The van der Waals surface area contributed by atoms with Gasteiger partial charge in [-0.2, -0.15) is 0 Å². The minimum Gasteiger partial charge on any atom is -0.466 e. The summed E-state index contributed by atoms with van der Waals surface area (Å²) in [6, 6.07) is 29.7. The molecule has 1 aliphatic rings. The molecule has 4 nitrogen and oxygen atoms in total. The van der Waals surface area contributed by atoms with Gasteiger partial charge in [0.15, 0.2) is 11.6 Å². The summed E-state index contributed by atoms with van der Waals surface area (Å²) in [6.45, 7) is 0. The smallest absolute Gasteiger partial charge is 0.254 e. The van der Waals surface area contributed by atoms with Gasteiger partial charge in [-0.1, -0.05) is 78.9 Å². The fourth-order valence-electron chi connectivity index (χ4n) is 3.82. The number of rotatable bonds is 5. The van der Waals surface area contributed by atoms with E-state index in [1.165, 1.54) is 0 Å². The number of aliphatic imine (C=N–C) groups is 1. The van der Waals surface area contributed by atoms with Crippen LogP contribution in [0.25, 0.3) is 0 Å². The first kappa shape index (κ1) is 18.9. The van der Waals surface area contributed by atoms with Crippen molar-refractivity contribution in [3.05, 3.63) is 108 Å². The van der Waals surface area contributed by atoms with Crippen molar-refractivity contribution in [1.82, 2.24) is 4.90 Å². The minimum atomic E-state index is -1.07. The molecule has 4 rings (SSSR count). The molecule has 1 aliphatic heterocycles. The Labute approximate surface area is 171 Å². The van der Waals surface area contributed by atoms with Crippen LogP contribution in [0.4, 0.5) is 0 Å². The monoisotopic (exact) mass is 384 g/mol. The number of amides is 1. The van der Waals surface area contributed by atoms with Crippen LogP contribution in [0.1, 0.15) is 22.8 Å². The van der Waals surface area contributed by atoms with Crippen molar-refractivity contribution in [1.29, 1.82) is 0 Å². The molecule has 0 saturated carbocycles. The highest BCUT2D eigenvalue weighted by atomic mass is 16.5. The summed E-state index contributed by atoms with van der Waals surface area (Å²) < 4.78 is 6.40. The SMILES string of the molecule is CN(C)C(=O)[C@@]1(Cc2ccccc2)N=C(c2ccccc2)O[C@H]1c1ccccc1. The van der Waals surface area contributed by atoms with E-state index in [9.17, 15) is 4.79 Å². The van der Waals surface area contributed by atoms with Gasteiger partial charge < -0.3 is 9.64 Å². The van der Waals surface area contributed by atoms with Crippen LogP contribution in [0.3, 0.4) is 0 Å². The van der Waals surface area contributed by atoms with Gasteiger partial charge in [-0.15, -0.1) is 0 Å². The number of nitrogens with zero attached hydrogens (tertiary/aromatic N) is 2. The van der Waals surface area contributed by atoms with E-state index in [0.29, 0.717) is 12.3 Å². The molecule has 0 N–H and O–H groups in total. The first-order valence-electron chi connectivity index (χ1n) is 9.73. The van der Waals surface area contributed by atoms with Crippen LogP contribution >= 0.6 is 0 Å². The summed E-state index contributed by atoms with van der Waals surface area (Å²) in [7, 11) is 3.54. The zero-order valence-electron chi connectivity index (χ0n) is 16.7. The van der Waals surface area contributed by atoms with E-state index in [2.05, 4.69) is 0 Å². The maximum Gasteiger partial charge on any atom is 0.254 e. The van der Waals surface area contributed by atoms with Gasteiger partial charge in [-0.05, 0) is 23.3 Å². The van der Waals surface area contributed by atoms with E-state index in [4.69, 9.17) is 9.73 Å². The van der Waals surface area contributed by atoms with Crippen molar-refractivity contribution >= 4 is 11.8 Å². The predicted octanol–water partition coefficient (Wildman–Crippen LogP) is 4.27. The van der Waals surface area contributed by atoms with E-state index in [1.807, 2.05) is 91.0 Å². The van der Waals surface area contributed by atoms with Crippen molar-refractivity contribution in [3.63, 3.8) is 0 Å². The molecule has 0 unspecified atom stereocenters.